The second kappa shape index (κ2) is 15.8. The summed E-state index contributed by atoms with van der Waals surface area (Å²) in [4.78, 5) is 13.2. The normalized spacial score (nSPS) is 38.3. The molecule has 9 atom stereocenters. The van der Waals surface area contributed by atoms with Gasteiger partial charge in [0.25, 0.3) is 0 Å². The maximum atomic E-state index is 13.2. The molecule has 2 aliphatic rings. The lowest BCUT2D eigenvalue weighted by Crippen LogP contribution is -2.41. The Balaban J connectivity index is 2.26. The summed E-state index contributed by atoms with van der Waals surface area (Å²) >= 11 is 0. The van der Waals surface area contributed by atoms with Crippen molar-refractivity contribution in [1.82, 2.24) is 0 Å². The highest BCUT2D eigenvalue weighted by Crippen LogP contribution is 2.35. The number of ether oxygens (including phenoxy) is 3. The van der Waals surface area contributed by atoms with Crippen LogP contribution in [-0.2, 0) is 19.0 Å². The van der Waals surface area contributed by atoms with Crippen LogP contribution >= 0.6 is 0 Å². The first-order chi connectivity index (χ1) is 18.3. The molecule has 0 aromatic rings. The molecule has 0 bridgehead atoms. The Hall–Kier alpha value is -1.85. The van der Waals surface area contributed by atoms with E-state index in [-0.39, 0.29) is 35.7 Å². The van der Waals surface area contributed by atoms with Crippen LogP contribution < -0.4 is 0 Å². The molecule has 2 heterocycles. The first kappa shape index (κ1) is 33.4. The highest BCUT2D eigenvalue weighted by Gasteiger charge is 2.34. The lowest BCUT2D eigenvalue weighted by molar-refractivity contribution is -0.151. The Morgan fingerprint density at radius 1 is 1.03 bits per heavy atom. The summed E-state index contributed by atoms with van der Waals surface area (Å²) in [5.41, 5.74) is 2.08. The van der Waals surface area contributed by atoms with Crippen LogP contribution in [0.3, 0.4) is 0 Å². The number of aliphatic hydroxyl groups is 1. The predicted molar refractivity (Wildman–Crippen MR) is 160 cm³/mol. The highest BCUT2D eigenvalue weighted by molar-refractivity contribution is 5.87. The van der Waals surface area contributed by atoms with Gasteiger partial charge in [-0.3, -0.25) is 0 Å². The zero-order valence-electron chi connectivity index (χ0n) is 26.3. The molecule has 0 radical (unpaired) electrons. The molecule has 1 fully saturated rings. The van der Waals surface area contributed by atoms with Crippen LogP contribution in [-0.4, -0.2) is 42.6 Å². The van der Waals surface area contributed by atoms with Crippen molar-refractivity contribution in [2.24, 2.45) is 35.5 Å². The van der Waals surface area contributed by atoms with Crippen LogP contribution in [0.1, 0.15) is 94.4 Å². The molecule has 0 aliphatic carbocycles. The molecule has 0 saturated carbocycles. The van der Waals surface area contributed by atoms with Crippen LogP contribution in [0.4, 0.5) is 0 Å². The van der Waals surface area contributed by atoms with Gasteiger partial charge in [-0.05, 0) is 75.2 Å². The summed E-state index contributed by atoms with van der Waals surface area (Å²) in [6.45, 7) is 19.4. The molecular weight excluding hydrogens is 488 g/mol. The van der Waals surface area contributed by atoms with Crippen LogP contribution in [0.15, 0.2) is 47.3 Å². The maximum Gasteiger partial charge on any atom is 0.373 e. The third-order valence-electron chi connectivity index (χ3n) is 8.68. The number of carbonyl (C=O) groups is 1. The summed E-state index contributed by atoms with van der Waals surface area (Å²) in [6, 6.07) is 0. The molecule has 2 unspecified atom stereocenters. The molecule has 0 aromatic carbocycles. The molecule has 222 valence electrons. The van der Waals surface area contributed by atoms with Crippen LogP contribution in [0, 0.1) is 35.5 Å². The first-order valence-electron chi connectivity index (χ1n) is 15.1. The summed E-state index contributed by atoms with van der Waals surface area (Å²) in [6.07, 6.45) is 14.4. The number of allylic oxidation sites excluding steroid dienone is 5. The van der Waals surface area contributed by atoms with Gasteiger partial charge in [-0.15, -0.1) is 0 Å². The molecule has 5 heteroatoms. The molecule has 2 aliphatic heterocycles. The first-order valence-corrected chi connectivity index (χ1v) is 15.1. The monoisotopic (exact) mass is 544 g/mol. The standard InChI is InChI=1S/C34H56O5/c1-21(2)33-24(5)15-16-30(38-33)26(7)20-25(6)29-14-12-11-13-22(3)17-27(8)32(35)28(9)18-23(4)19-31(37-10)34(36)39-29/h11-13,18-19,21,24-30,32-33,35H,14-17,20H2,1-10H3/b12-11+,22-13+,23-18+,31-19-/t24-,25-,26-,27+,28+,29?,30?,32-,33+/m0/s1. The van der Waals surface area contributed by atoms with Gasteiger partial charge in [0, 0.05) is 12.3 Å². The molecule has 1 saturated heterocycles. The molecular formula is C34H56O5. The Morgan fingerprint density at radius 2 is 1.69 bits per heavy atom. The number of cyclic esters (lactones) is 1. The molecule has 0 aromatic heterocycles. The number of hydrogen-bond acceptors (Lipinski definition) is 5. The van der Waals surface area contributed by atoms with Gasteiger partial charge < -0.3 is 19.3 Å². The fraction of sp³-hybridized carbons (Fsp3) is 0.735. The zero-order valence-corrected chi connectivity index (χ0v) is 26.3. The van der Waals surface area contributed by atoms with Gasteiger partial charge in [-0.1, -0.05) is 83.9 Å². The van der Waals surface area contributed by atoms with E-state index in [0.717, 1.165) is 24.8 Å². The minimum Gasteiger partial charge on any atom is -0.490 e. The van der Waals surface area contributed by atoms with Crippen molar-refractivity contribution in [3.05, 3.63) is 47.3 Å². The SMILES string of the molecule is CO/C1=C\C(C)=C\[C@@H](C)[C@@H](O)[C@H](C)C/C(C)=C/C=C/CC([C@@H](C)C[C@H](C)C2CC[C@H](C)[C@@H](C(C)C)O2)OC1=O. The van der Waals surface area contributed by atoms with Gasteiger partial charge in [-0.25, -0.2) is 4.79 Å². The lowest BCUT2D eigenvalue weighted by Gasteiger charge is -2.40. The van der Waals surface area contributed by atoms with Crippen molar-refractivity contribution < 1.29 is 24.1 Å². The molecule has 1 N–H and O–H groups in total. The van der Waals surface area contributed by atoms with Crippen molar-refractivity contribution in [2.45, 2.75) is 119 Å². The number of hydrogen-bond donors (Lipinski definition) is 1. The second-order valence-corrected chi connectivity index (χ2v) is 12.9. The van der Waals surface area contributed by atoms with Crippen molar-refractivity contribution in [2.75, 3.05) is 7.11 Å². The van der Waals surface area contributed by atoms with E-state index in [4.69, 9.17) is 14.2 Å². The Bertz CT molecular complexity index is 897. The van der Waals surface area contributed by atoms with Crippen LogP contribution in [0.5, 0.6) is 0 Å². The molecule has 5 nitrogen and oxygen atoms in total. The molecule has 0 spiro atoms. The number of esters is 1. The smallest absolute Gasteiger partial charge is 0.373 e. The van der Waals surface area contributed by atoms with Gasteiger partial charge in [0.15, 0.2) is 0 Å². The van der Waals surface area contributed by atoms with Gasteiger partial charge in [0.05, 0.1) is 25.4 Å². The summed E-state index contributed by atoms with van der Waals surface area (Å²) in [5, 5.41) is 10.8. The minimum absolute atomic E-state index is 0.0591. The highest BCUT2D eigenvalue weighted by atomic mass is 16.6. The van der Waals surface area contributed by atoms with Gasteiger partial charge in [0.1, 0.15) is 6.10 Å². The summed E-state index contributed by atoms with van der Waals surface area (Å²) in [7, 11) is 1.50. The van der Waals surface area contributed by atoms with Crippen molar-refractivity contribution >= 4 is 5.97 Å². The van der Waals surface area contributed by atoms with E-state index in [0.29, 0.717) is 30.3 Å². The number of methoxy groups -OCH3 is 1. The number of carbonyl (C=O) groups excluding carboxylic acids is 1. The van der Waals surface area contributed by atoms with Crippen molar-refractivity contribution in [1.29, 1.82) is 0 Å². The van der Waals surface area contributed by atoms with Crippen molar-refractivity contribution in [3.8, 4) is 0 Å². The predicted octanol–water partition coefficient (Wildman–Crippen LogP) is 7.81. The van der Waals surface area contributed by atoms with Crippen molar-refractivity contribution in [3.63, 3.8) is 0 Å². The van der Waals surface area contributed by atoms with E-state index in [1.165, 1.54) is 19.1 Å². The third-order valence-corrected chi connectivity index (χ3v) is 8.68. The van der Waals surface area contributed by atoms with E-state index >= 15 is 0 Å². The van der Waals surface area contributed by atoms with Gasteiger partial charge >= 0.3 is 5.97 Å². The second-order valence-electron chi connectivity index (χ2n) is 12.9. The quantitative estimate of drug-likeness (QED) is 0.346. The average Bonchev–Trinajstić information content (AvgIpc) is 2.87. The lowest BCUT2D eigenvalue weighted by atomic mass is 9.81. The Kier molecular flexibility index (Phi) is 13.5. The minimum atomic E-state index is -0.481. The van der Waals surface area contributed by atoms with Crippen LogP contribution in [0.2, 0.25) is 0 Å². The fourth-order valence-corrected chi connectivity index (χ4v) is 6.34. The molecule has 39 heavy (non-hydrogen) atoms. The fourth-order valence-electron chi connectivity index (χ4n) is 6.34. The molecule has 2 rings (SSSR count). The topological polar surface area (TPSA) is 65.0 Å². The average molecular weight is 545 g/mol. The Labute approximate surface area is 238 Å². The maximum absolute atomic E-state index is 13.2. The summed E-state index contributed by atoms with van der Waals surface area (Å²) < 4.78 is 18.2. The summed E-state index contributed by atoms with van der Waals surface area (Å²) in [5.74, 6) is 1.41. The number of rotatable bonds is 6. The largest absolute Gasteiger partial charge is 0.490 e. The third kappa shape index (κ3) is 10.2. The van der Waals surface area contributed by atoms with E-state index in [1.54, 1.807) is 6.08 Å². The zero-order chi connectivity index (χ0) is 29.3. The van der Waals surface area contributed by atoms with Gasteiger partial charge in [-0.2, -0.15) is 0 Å². The van der Waals surface area contributed by atoms with E-state index in [1.807, 2.05) is 19.9 Å². The molecule has 0 amide bonds. The number of aliphatic hydroxyl groups excluding tert-OH is 1. The Morgan fingerprint density at radius 3 is 2.33 bits per heavy atom. The van der Waals surface area contributed by atoms with E-state index < -0.39 is 12.1 Å². The van der Waals surface area contributed by atoms with E-state index in [9.17, 15) is 9.90 Å². The van der Waals surface area contributed by atoms with Crippen LogP contribution in [0.25, 0.3) is 0 Å². The van der Waals surface area contributed by atoms with Gasteiger partial charge in [0.2, 0.25) is 5.76 Å². The van der Waals surface area contributed by atoms with E-state index in [2.05, 4.69) is 66.7 Å².